The zero-order valence-electron chi connectivity index (χ0n) is 9.95. The number of nitrogens with zero attached hydrogens (tertiary/aromatic N) is 1. The van der Waals surface area contributed by atoms with Gasteiger partial charge in [-0.2, -0.15) is 5.10 Å². The van der Waals surface area contributed by atoms with E-state index in [1.807, 2.05) is 6.07 Å². The molecule has 6 nitrogen and oxygen atoms in total. The van der Waals surface area contributed by atoms with E-state index in [9.17, 15) is 4.79 Å². The minimum absolute atomic E-state index is 0.147. The highest BCUT2D eigenvalue weighted by atomic mass is 16.5. The first-order valence-electron chi connectivity index (χ1n) is 5.97. The molecule has 1 fully saturated rings. The molecular weight excluding hydrogens is 220 g/mol. The molecule has 1 aliphatic heterocycles. The summed E-state index contributed by atoms with van der Waals surface area (Å²) in [7, 11) is 0. The van der Waals surface area contributed by atoms with Gasteiger partial charge < -0.3 is 15.4 Å². The summed E-state index contributed by atoms with van der Waals surface area (Å²) < 4.78 is 5.35. The van der Waals surface area contributed by atoms with Gasteiger partial charge in [0.1, 0.15) is 6.10 Å². The van der Waals surface area contributed by atoms with Gasteiger partial charge in [-0.15, -0.1) is 0 Å². The van der Waals surface area contributed by atoms with E-state index >= 15 is 0 Å². The van der Waals surface area contributed by atoms with E-state index in [0.717, 1.165) is 25.1 Å². The number of carbonyl (C=O) groups is 1. The smallest absolute Gasteiger partial charge is 0.256 e. The Morgan fingerprint density at radius 1 is 1.71 bits per heavy atom. The number of aromatic nitrogens is 2. The Hall–Kier alpha value is -1.40. The van der Waals surface area contributed by atoms with Crippen LogP contribution in [0.2, 0.25) is 0 Å². The number of hydrogen-bond donors (Lipinski definition) is 3. The van der Waals surface area contributed by atoms with Crippen LogP contribution in [-0.2, 0) is 16.0 Å². The predicted molar refractivity (Wildman–Crippen MR) is 63.8 cm³/mol. The Morgan fingerprint density at radius 3 is 3.29 bits per heavy atom. The van der Waals surface area contributed by atoms with E-state index in [2.05, 4.69) is 27.8 Å². The third-order valence-corrected chi connectivity index (χ3v) is 2.62. The van der Waals surface area contributed by atoms with Gasteiger partial charge in [-0.1, -0.05) is 13.3 Å². The highest BCUT2D eigenvalue weighted by molar-refractivity contribution is 5.93. The summed E-state index contributed by atoms with van der Waals surface area (Å²) in [5.41, 5.74) is 1.03. The van der Waals surface area contributed by atoms with Crippen LogP contribution >= 0.6 is 0 Å². The molecule has 1 aliphatic rings. The zero-order valence-corrected chi connectivity index (χ0v) is 9.95. The number of aromatic amines is 1. The number of aryl methyl sites for hydroxylation is 1. The molecular formula is C11H18N4O2. The lowest BCUT2D eigenvalue weighted by molar-refractivity contribution is -0.128. The predicted octanol–water partition coefficient (Wildman–Crippen LogP) is 0.289. The Balaban J connectivity index is 1.88. The first-order chi connectivity index (χ1) is 8.29. The minimum atomic E-state index is -0.421. The second-order valence-electron chi connectivity index (χ2n) is 4.08. The molecule has 2 rings (SSSR count). The van der Waals surface area contributed by atoms with E-state index in [-0.39, 0.29) is 5.91 Å². The average molecular weight is 238 g/mol. The molecule has 0 aromatic carbocycles. The zero-order chi connectivity index (χ0) is 12.1. The number of carbonyl (C=O) groups excluding carboxylic acids is 1. The van der Waals surface area contributed by atoms with E-state index < -0.39 is 6.10 Å². The molecule has 94 valence electrons. The number of rotatable bonds is 4. The molecule has 3 N–H and O–H groups in total. The first kappa shape index (κ1) is 12.1. The molecule has 2 heterocycles. The van der Waals surface area contributed by atoms with Gasteiger partial charge in [0, 0.05) is 24.8 Å². The fourth-order valence-electron chi connectivity index (χ4n) is 1.76. The third-order valence-electron chi connectivity index (χ3n) is 2.62. The van der Waals surface area contributed by atoms with Crippen LogP contribution in [-0.4, -0.2) is 41.9 Å². The molecule has 1 atom stereocenters. The van der Waals surface area contributed by atoms with Crippen LogP contribution in [0.15, 0.2) is 6.07 Å². The largest absolute Gasteiger partial charge is 0.366 e. The molecule has 0 bridgehead atoms. The van der Waals surface area contributed by atoms with Crippen LogP contribution in [0.4, 0.5) is 5.82 Å². The molecule has 0 spiro atoms. The Morgan fingerprint density at radius 2 is 2.59 bits per heavy atom. The van der Waals surface area contributed by atoms with Gasteiger partial charge in [-0.05, 0) is 6.42 Å². The lowest BCUT2D eigenvalue weighted by atomic mass is 10.2. The monoisotopic (exact) mass is 238 g/mol. The highest BCUT2D eigenvalue weighted by Crippen LogP contribution is 2.08. The summed E-state index contributed by atoms with van der Waals surface area (Å²) in [6.07, 6.45) is 1.56. The molecule has 1 unspecified atom stereocenters. The number of amides is 1. The third kappa shape index (κ3) is 3.28. The highest BCUT2D eigenvalue weighted by Gasteiger charge is 2.22. The molecule has 1 aromatic rings. The van der Waals surface area contributed by atoms with Crippen LogP contribution in [0, 0.1) is 0 Å². The van der Waals surface area contributed by atoms with Crippen LogP contribution in [0.5, 0.6) is 0 Å². The molecule has 0 aliphatic carbocycles. The van der Waals surface area contributed by atoms with Gasteiger partial charge in [0.25, 0.3) is 5.91 Å². The summed E-state index contributed by atoms with van der Waals surface area (Å²) >= 11 is 0. The SMILES string of the molecule is CCCc1cc(NC(=O)C2CNCCO2)n[nH]1. The average Bonchev–Trinajstić information content (AvgIpc) is 2.78. The van der Waals surface area contributed by atoms with Crippen molar-refractivity contribution in [2.75, 3.05) is 25.0 Å². The van der Waals surface area contributed by atoms with E-state index in [4.69, 9.17) is 4.74 Å². The van der Waals surface area contributed by atoms with Gasteiger partial charge in [-0.3, -0.25) is 9.89 Å². The number of hydrogen-bond acceptors (Lipinski definition) is 4. The first-order valence-corrected chi connectivity index (χ1v) is 5.97. The summed E-state index contributed by atoms with van der Waals surface area (Å²) in [5, 5.41) is 12.8. The standard InChI is InChI=1S/C11H18N4O2/c1-2-3-8-6-10(15-14-8)13-11(16)9-7-12-4-5-17-9/h6,9,12H,2-5,7H2,1H3,(H2,13,14,15,16). The number of nitrogens with one attached hydrogen (secondary N) is 3. The summed E-state index contributed by atoms with van der Waals surface area (Å²) in [4.78, 5) is 11.8. The van der Waals surface area contributed by atoms with Crippen LogP contribution in [0.3, 0.4) is 0 Å². The van der Waals surface area contributed by atoms with Crippen molar-refractivity contribution in [3.05, 3.63) is 11.8 Å². The van der Waals surface area contributed by atoms with Crippen LogP contribution in [0.1, 0.15) is 19.0 Å². The molecule has 1 saturated heterocycles. The second kappa shape index (κ2) is 5.79. The Labute approximate surface area is 100 Å². The quantitative estimate of drug-likeness (QED) is 0.704. The fraction of sp³-hybridized carbons (Fsp3) is 0.636. The van der Waals surface area contributed by atoms with Crippen molar-refractivity contribution in [3.8, 4) is 0 Å². The van der Waals surface area contributed by atoms with Gasteiger partial charge in [0.15, 0.2) is 5.82 Å². The van der Waals surface area contributed by atoms with Crippen molar-refractivity contribution >= 4 is 11.7 Å². The maximum absolute atomic E-state index is 11.8. The fourth-order valence-corrected chi connectivity index (χ4v) is 1.76. The lowest BCUT2D eigenvalue weighted by Crippen LogP contribution is -2.45. The Kier molecular flexibility index (Phi) is 4.11. The van der Waals surface area contributed by atoms with Crippen molar-refractivity contribution in [3.63, 3.8) is 0 Å². The normalized spacial score (nSPS) is 20.2. The van der Waals surface area contributed by atoms with Crippen molar-refractivity contribution in [1.82, 2.24) is 15.5 Å². The number of morpholine rings is 1. The second-order valence-corrected chi connectivity index (χ2v) is 4.08. The van der Waals surface area contributed by atoms with Crippen LogP contribution in [0.25, 0.3) is 0 Å². The van der Waals surface area contributed by atoms with Crippen molar-refractivity contribution in [1.29, 1.82) is 0 Å². The maximum Gasteiger partial charge on any atom is 0.256 e. The van der Waals surface area contributed by atoms with Crippen molar-refractivity contribution in [2.45, 2.75) is 25.9 Å². The molecule has 1 aromatic heterocycles. The van der Waals surface area contributed by atoms with E-state index in [0.29, 0.717) is 19.0 Å². The molecule has 0 radical (unpaired) electrons. The minimum Gasteiger partial charge on any atom is -0.366 e. The molecule has 1 amide bonds. The maximum atomic E-state index is 11.8. The Bertz CT molecular complexity index is 371. The summed E-state index contributed by atoms with van der Waals surface area (Å²) in [6.45, 7) is 4.02. The number of anilines is 1. The molecule has 0 saturated carbocycles. The molecule has 6 heteroatoms. The van der Waals surface area contributed by atoms with E-state index in [1.54, 1.807) is 0 Å². The summed E-state index contributed by atoms with van der Waals surface area (Å²) in [6, 6.07) is 1.86. The van der Waals surface area contributed by atoms with Gasteiger partial charge >= 0.3 is 0 Å². The topological polar surface area (TPSA) is 79.0 Å². The number of H-pyrrole nitrogens is 1. The van der Waals surface area contributed by atoms with Crippen LogP contribution < -0.4 is 10.6 Å². The van der Waals surface area contributed by atoms with Gasteiger partial charge in [-0.25, -0.2) is 0 Å². The number of ether oxygens (including phenoxy) is 1. The lowest BCUT2D eigenvalue weighted by Gasteiger charge is -2.22. The van der Waals surface area contributed by atoms with Gasteiger partial charge in [0.05, 0.1) is 6.61 Å². The van der Waals surface area contributed by atoms with Crippen molar-refractivity contribution in [2.24, 2.45) is 0 Å². The van der Waals surface area contributed by atoms with Gasteiger partial charge in [0.2, 0.25) is 0 Å². The van der Waals surface area contributed by atoms with Crippen molar-refractivity contribution < 1.29 is 9.53 Å². The molecule has 17 heavy (non-hydrogen) atoms. The van der Waals surface area contributed by atoms with E-state index in [1.165, 1.54) is 0 Å². The summed E-state index contributed by atoms with van der Waals surface area (Å²) in [5.74, 6) is 0.416.